The maximum absolute atomic E-state index is 13.6. The summed E-state index contributed by atoms with van der Waals surface area (Å²) >= 11 is 0. The molecule has 0 radical (unpaired) electrons. The Morgan fingerprint density at radius 2 is 1.88 bits per heavy atom. The van der Waals surface area contributed by atoms with E-state index < -0.39 is 0 Å². The Morgan fingerprint density at radius 1 is 1.12 bits per heavy atom. The van der Waals surface area contributed by atoms with Crippen LogP contribution in [0, 0.1) is 0 Å². The van der Waals surface area contributed by atoms with E-state index in [1.165, 1.54) is 0 Å². The molecule has 3 aromatic rings. The Bertz CT molecular complexity index is 1210. The van der Waals surface area contributed by atoms with Crippen LogP contribution in [0.15, 0.2) is 30.6 Å². The van der Waals surface area contributed by atoms with Gasteiger partial charge in [-0.05, 0) is 65.8 Å². The van der Waals surface area contributed by atoms with Crippen LogP contribution < -0.4 is 15.1 Å². The van der Waals surface area contributed by atoms with Crippen molar-refractivity contribution < 1.29 is 4.79 Å². The molecule has 1 N–H and O–H groups in total. The number of nitrogens with zero attached hydrogens (tertiary/aromatic N) is 7. The van der Waals surface area contributed by atoms with Gasteiger partial charge in [0.2, 0.25) is 0 Å². The summed E-state index contributed by atoms with van der Waals surface area (Å²) in [4.78, 5) is 27.6. The van der Waals surface area contributed by atoms with Gasteiger partial charge in [-0.15, -0.1) is 10.2 Å². The molecule has 0 spiro atoms. The Kier molecular flexibility index (Phi) is 5.81. The van der Waals surface area contributed by atoms with Gasteiger partial charge in [0, 0.05) is 30.2 Å². The van der Waals surface area contributed by atoms with E-state index in [1.807, 2.05) is 35.9 Å². The van der Waals surface area contributed by atoms with Crippen LogP contribution in [0.5, 0.6) is 0 Å². The average molecular weight is 461 g/mol. The molecule has 0 bridgehead atoms. The van der Waals surface area contributed by atoms with Crippen LogP contribution >= 0.6 is 0 Å². The third-order valence-corrected chi connectivity index (χ3v) is 6.92. The van der Waals surface area contributed by atoms with Gasteiger partial charge in [-0.25, -0.2) is 9.97 Å². The van der Waals surface area contributed by atoms with E-state index in [4.69, 9.17) is 9.97 Å². The highest BCUT2D eigenvalue weighted by atomic mass is 16.2. The molecule has 0 saturated carbocycles. The lowest BCUT2D eigenvalue weighted by atomic mass is 10.1. The monoisotopic (exact) mass is 460 g/mol. The molecule has 5 rings (SSSR count). The molecule has 1 saturated heterocycles. The van der Waals surface area contributed by atoms with E-state index >= 15 is 0 Å². The zero-order chi connectivity index (χ0) is 24.0. The molecule has 9 nitrogen and oxygen atoms in total. The summed E-state index contributed by atoms with van der Waals surface area (Å²) in [6.45, 7) is 9.68. The quantitative estimate of drug-likeness (QED) is 0.601. The predicted molar refractivity (Wildman–Crippen MR) is 132 cm³/mol. The molecule has 5 heterocycles. The van der Waals surface area contributed by atoms with E-state index in [-0.39, 0.29) is 11.9 Å². The number of hydrogen-bond acceptors (Lipinski definition) is 7. The number of anilines is 2. The van der Waals surface area contributed by atoms with Crippen LogP contribution in [-0.2, 0) is 13.1 Å². The van der Waals surface area contributed by atoms with E-state index in [2.05, 4.69) is 48.1 Å². The number of aromatic nitrogens is 5. The smallest absolute Gasteiger partial charge is 0.260 e. The average Bonchev–Trinajstić information content (AvgIpc) is 3.52. The first-order valence-electron chi connectivity index (χ1n) is 12.0. The zero-order valence-corrected chi connectivity index (χ0v) is 20.5. The van der Waals surface area contributed by atoms with Crippen molar-refractivity contribution in [2.45, 2.75) is 71.8 Å². The van der Waals surface area contributed by atoms with Crippen LogP contribution in [0.25, 0.3) is 11.5 Å². The summed E-state index contributed by atoms with van der Waals surface area (Å²) in [5, 5.41) is 11.5. The molecule has 0 aromatic carbocycles. The lowest BCUT2D eigenvalue weighted by Gasteiger charge is -2.28. The number of amides is 1. The van der Waals surface area contributed by atoms with Gasteiger partial charge in [0.05, 0.1) is 17.8 Å². The summed E-state index contributed by atoms with van der Waals surface area (Å²) in [7, 11) is 1.91. The van der Waals surface area contributed by atoms with Crippen LogP contribution in [-0.4, -0.2) is 49.8 Å². The molecule has 9 heteroatoms. The molecule has 2 aliphatic heterocycles. The highest BCUT2D eigenvalue weighted by Crippen LogP contribution is 2.35. The van der Waals surface area contributed by atoms with Crippen LogP contribution in [0.2, 0.25) is 0 Å². The number of pyridine rings is 2. The Labute approximate surface area is 200 Å². The van der Waals surface area contributed by atoms with Gasteiger partial charge in [-0.1, -0.05) is 6.07 Å². The first-order chi connectivity index (χ1) is 16.4. The largest absolute Gasteiger partial charge is 0.351 e. The SMILES string of the molecule is CNCc1nc(N2[C@H](C)CC[C@H]2C)cc2c1CN(c1cccc(-c3nncn3C(C)C)n1)C2=O. The van der Waals surface area contributed by atoms with Crippen molar-refractivity contribution in [2.24, 2.45) is 0 Å². The highest BCUT2D eigenvalue weighted by molar-refractivity contribution is 6.10. The standard InChI is InChI=1S/C25H32N8O/c1-15(2)32-14-27-30-24(32)20-7-6-8-22(28-20)31-13-19-18(25(31)34)11-23(29-21(19)12-26-5)33-16(3)9-10-17(33)4/h6-8,11,14-17,26H,9-10,12-13H2,1-5H3/t16-,17-/m1/s1. The fraction of sp³-hybridized carbons (Fsp3) is 0.480. The second kappa shape index (κ2) is 8.79. The second-order valence-corrected chi connectivity index (χ2v) is 9.59. The fourth-order valence-electron chi connectivity index (χ4n) is 5.13. The second-order valence-electron chi connectivity index (χ2n) is 9.59. The molecule has 0 unspecified atom stereocenters. The van der Waals surface area contributed by atoms with Crippen LogP contribution in [0.3, 0.4) is 0 Å². The van der Waals surface area contributed by atoms with Gasteiger partial charge in [0.25, 0.3) is 5.91 Å². The molecule has 3 aromatic heterocycles. The molecular weight excluding hydrogens is 428 g/mol. The van der Waals surface area contributed by atoms with Gasteiger partial charge >= 0.3 is 0 Å². The number of nitrogens with one attached hydrogen (secondary N) is 1. The summed E-state index contributed by atoms with van der Waals surface area (Å²) in [6.07, 6.45) is 3.99. The molecule has 0 aliphatic carbocycles. The minimum Gasteiger partial charge on any atom is -0.351 e. The van der Waals surface area contributed by atoms with Crippen molar-refractivity contribution in [3.8, 4) is 11.5 Å². The summed E-state index contributed by atoms with van der Waals surface area (Å²) < 4.78 is 1.98. The van der Waals surface area contributed by atoms with Gasteiger partial charge in [0.1, 0.15) is 23.7 Å². The number of rotatable bonds is 6. The van der Waals surface area contributed by atoms with Crippen molar-refractivity contribution in [3.63, 3.8) is 0 Å². The fourth-order valence-corrected chi connectivity index (χ4v) is 5.13. The van der Waals surface area contributed by atoms with E-state index in [9.17, 15) is 4.79 Å². The first kappa shape index (κ1) is 22.5. The van der Waals surface area contributed by atoms with E-state index in [0.717, 1.165) is 35.5 Å². The van der Waals surface area contributed by atoms with Gasteiger partial charge in [-0.2, -0.15) is 0 Å². The van der Waals surface area contributed by atoms with Crippen molar-refractivity contribution in [1.29, 1.82) is 0 Å². The summed E-state index contributed by atoms with van der Waals surface area (Å²) in [5.41, 5.74) is 3.31. The van der Waals surface area contributed by atoms with Crippen molar-refractivity contribution >= 4 is 17.5 Å². The Hall–Kier alpha value is -3.33. The summed E-state index contributed by atoms with van der Waals surface area (Å²) in [6, 6.07) is 8.70. The first-order valence-corrected chi connectivity index (χ1v) is 12.0. The predicted octanol–water partition coefficient (Wildman–Crippen LogP) is 3.57. The molecule has 1 fully saturated rings. The maximum atomic E-state index is 13.6. The lowest BCUT2D eigenvalue weighted by Crippen LogP contribution is -2.34. The third kappa shape index (κ3) is 3.73. The van der Waals surface area contributed by atoms with Gasteiger partial charge < -0.3 is 14.8 Å². The molecule has 2 atom stereocenters. The zero-order valence-electron chi connectivity index (χ0n) is 20.5. The number of fused-ring (bicyclic) bond motifs is 1. The molecule has 2 aliphatic rings. The lowest BCUT2D eigenvalue weighted by molar-refractivity contribution is 0.0996. The van der Waals surface area contributed by atoms with Crippen molar-refractivity contribution in [3.05, 3.63) is 47.4 Å². The topological polar surface area (TPSA) is 92.1 Å². The third-order valence-electron chi connectivity index (χ3n) is 6.92. The summed E-state index contributed by atoms with van der Waals surface area (Å²) in [5.74, 6) is 2.16. The van der Waals surface area contributed by atoms with Crippen LogP contribution in [0.4, 0.5) is 11.6 Å². The maximum Gasteiger partial charge on any atom is 0.260 e. The van der Waals surface area contributed by atoms with Crippen LogP contribution in [0.1, 0.15) is 68.2 Å². The minimum atomic E-state index is -0.0366. The Morgan fingerprint density at radius 3 is 2.59 bits per heavy atom. The normalized spacial score (nSPS) is 20.0. The van der Waals surface area contributed by atoms with E-state index in [1.54, 1.807) is 11.2 Å². The Balaban J connectivity index is 1.52. The van der Waals surface area contributed by atoms with E-state index in [0.29, 0.717) is 42.5 Å². The molecule has 34 heavy (non-hydrogen) atoms. The number of carbonyl (C=O) groups is 1. The molecular formula is C25H32N8O. The highest BCUT2D eigenvalue weighted by Gasteiger charge is 2.35. The van der Waals surface area contributed by atoms with Gasteiger partial charge in [-0.3, -0.25) is 9.69 Å². The minimum absolute atomic E-state index is 0.0366. The number of carbonyl (C=O) groups excluding carboxylic acids is 1. The number of hydrogen-bond donors (Lipinski definition) is 1. The molecule has 1 amide bonds. The van der Waals surface area contributed by atoms with Gasteiger partial charge in [0.15, 0.2) is 5.82 Å². The molecule has 178 valence electrons. The van der Waals surface area contributed by atoms with Crippen molar-refractivity contribution in [1.82, 2.24) is 30.0 Å². The van der Waals surface area contributed by atoms with Crippen molar-refractivity contribution in [2.75, 3.05) is 16.8 Å².